The highest BCUT2D eigenvalue weighted by Crippen LogP contribution is 2.31. The van der Waals surface area contributed by atoms with Gasteiger partial charge in [0.05, 0.1) is 7.11 Å². The molecule has 2 aromatic heterocycles. The van der Waals surface area contributed by atoms with E-state index in [9.17, 15) is 0 Å². The van der Waals surface area contributed by atoms with Crippen LogP contribution >= 0.6 is 27.3 Å². The van der Waals surface area contributed by atoms with Gasteiger partial charge in [-0.25, -0.2) is 0 Å². The number of nitrogens with two attached hydrogens (primary N) is 1. The second-order valence-corrected chi connectivity index (χ2v) is 6.29. The van der Waals surface area contributed by atoms with E-state index in [4.69, 9.17) is 10.5 Å². The van der Waals surface area contributed by atoms with Crippen molar-refractivity contribution in [2.45, 2.75) is 26.3 Å². The largest absolute Gasteiger partial charge is 0.496 e. The first-order valence-corrected chi connectivity index (χ1v) is 7.69. The average molecular weight is 341 g/mol. The first-order chi connectivity index (χ1) is 9.04. The van der Waals surface area contributed by atoms with E-state index in [2.05, 4.69) is 20.9 Å². The van der Waals surface area contributed by atoms with Gasteiger partial charge in [-0.15, -0.1) is 11.3 Å². The molecule has 2 heterocycles. The topological polar surface area (TPSA) is 48.1 Å². The van der Waals surface area contributed by atoms with Gasteiger partial charge in [-0.05, 0) is 41.2 Å². The van der Waals surface area contributed by atoms with Crippen molar-refractivity contribution in [3.8, 4) is 5.75 Å². The zero-order valence-corrected chi connectivity index (χ0v) is 13.6. The summed E-state index contributed by atoms with van der Waals surface area (Å²) in [7, 11) is 1.69. The number of pyridine rings is 1. The molecule has 2 N–H and O–H groups in total. The SMILES string of the molecule is COc1c(C)cnc(CC(N)c2sccc2Br)c1C. The molecule has 0 aromatic carbocycles. The van der Waals surface area contributed by atoms with Gasteiger partial charge >= 0.3 is 0 Å². The standard InChI is InChI=1S/C14H17BrN2OS/c1-8-7-17-12(9(2)13(8)18-3)6-11(16)14-10(15)4-5-19-14/h4-5,7,11H,6,16H2,1-3H3. The molecular formula is C14H17BrN2OS. The highest BCUT2D eigenvalue weighted by Gasteiger charge is 2.16. The Hall–Kier alpha value is -0.910. The van der Waals surface area contributed by atoms with Crippen LogP contribution in [-0.2, 0) is 6.42 Å². The fourth-order valence-corrected chi connectivity index (χ4v) is 3.82. The highest BCUT2D eigenvalue weighted by atomic mass is 79.9. The van der Waals surface area contributed by atoms with E-state index in [0.29, 0.717) is 6.42 Å². The number of ether oxygens (including phenoxy) is 1. The number of rotatable bonds is 4. The van der Waals surface area contributed by atoms with Gasteiger partial charge in [-0.1, -0.05) is 0 Å². The minimum absolute atomic E-state index is 0.0482. The zero-order valence-electron chi connectivity index (χ0n) is 11.2. The summed E-state index contributed by atoms with van der Waals surface area (Å²) in [6.45, 7) is 4.03. The first kappa shape index (κ1) is 14.5. The maximum Gasteiger partial charge on any atom is 0.128 e. The van der Waals surface area contributed by atoms with Crippen LogP contribution in [0.4, 0.5) is 0 Å². The van der Waals surface area contributed by atoms with Gasteiger partial charge in [0.25, 0.3) is 0 Å². The summed E-state index contributed by atoms with van der Waals surface area (Å²) >= 11 is 5.19. The molecule has 2 aromatic rings. The second-order valence-electron chi connectivity index (χ2n) is 4.49. The molecule has 0 aliphatic heterocycles. The van der Waals surface area contributed by atoms with E-state index in [0.717, 1.165) is 31.9 Å². The summed E-state index contributed by atoms with van der Waals surface area (Å²) in [6.07, 6.45) is 2.55. The Labute approximate surface area is 125 Å². The normalized spacial score (nSPS) is 12.5. The van der Waals surface area contributed by atoms with Crippen molar-refractivity contribution in [2.75, 3.05) is 7.11 Å². The van der Waals surface area contributed by atoms with E-state index in [1.165, 1.54) is 0 Å². The minimum Gasteiger partial charge on any atom is -0.496 e. The monoisotopic (exact) mass is 340 g/mol. The van der Waals surface area contributed by atoms with Crippen LogP contribution in [0.25, 0.3) is 0 Å². The molecule has 0 amide bonds. The number of halogens is 1. The van der Waals surface area contributed by atoms with E-state index in [-0.39, 0.29) is 6.04 Å². The number of aryl methyl sites for hydroxylation is 1. The fourth-order valence-electron chi connectivity index (χ4n) is 2.15. The van der Waals surface area contributed by atoms with Gasteiger partial charge < -0.3 is 10.5 Å². The van der Waals surface area contributed by atoms with E-state index >= 15 is 0 Å². The molecule has 3 nitrogen and oxygen atoms in total. The summed E-state index contributed by atoms with van der Waals surface area (Å²) in [6, 6.07) is 1.98. The molecule has 0 saturated heterocycles. The molecule has 0 spiro atoms. The minimum atomic E-state index is -0.0482. The smallest absolute Gasteiger partial charge is 0.128 e. The van der Waals surface area contributed by atoms with Crippen LogP contribution in [0.1, 0.15) is 27.7 Å². The number of hydrogen-bond acceptors (Lipinski definition) is 4. The van der Waals surface area contributed by atoms with Crippen LogP contribution in [0.15, 0.2) is 22.1 Å². The Morgan fingerprint density at radius 3 is 2.79 bits per heavy atom. The van der Waals surface area contributed by atoms with Crippen LogP contribution in [0.5, 0.6) is 5.75 Å². The Bertz CT molecular complexity index is 583. The molecule has 0 fully saturated rings. The van der Waals surface area contributed by atoms with Crippen molar-refractivity contribution in [3.63, 3.8) is 0 Å². The lowest BCUT2D eigenvalue weighted by molar-refractivity contribution is 0.406. The fraction of sp³-hybridized carbons (Fsp3) is 0.357. The summed E-state index contributed by atoms with van der Waals surface area (Å²) in [5.74, 6) is 0.905. The van der Waals surface area contributed by atoms with Gasteiger partial charge in [0.2, 0.25) is 0 Å². The molecule has 0 radical (unpaired) electrons. The zero-order chi connectivity index (χ0) is 14.0. The Balaban J connectivity index is 2.27. The lowest BCUT2D eigenvalue weighted by Gasteiger charge is -2.15. The van der Waals surface area contributed by atoms with Crippen molar-refractivity contribution in [2.24, 2.45) is 5.73 Å². The van der Waals surface area contributed by atoms with Crippen molar-refractivity contribution in [1.82, 2.24) is 4.98 Å². The quantitative estimate of drug-likeness (QED) is 0.921. The summed E-state index contributed by atoms with van der Waals surface area (Å²) < 4.78 is 6.50. The molecule has 0 aliphatic carbocycles. The van der Waals surface area contributed by atoms with Crippen LogP contribution < -0.4 is 10.5 Å². The van der Waals surface area contributed by atoms with Gasteiger partial charge in [0.1, 0.15) is 5.75 Å². The van der Waals surface area contributed by atoms with E-state index in [1.54, 1.807) is 18.4 Å². The third kappa shape index (κ3) is 2.99. The summed E-state index contributed by atoms with van der Waals surface area (Å²) in [5, 5.41) is 2.04. The molecule has 1 atom stereocenters. The van der Waals surface area contributed by atoms with Gasteiger partial charge in [-0.2, -0.15) is 0 Å². The number of methoxy groups -OCH3 is 1. The molecule has 0 saturated carbocycles. The number of nitrogens with zero attached hydrogens (tertiary/aromatic N) is 1. The van der Waals surface area contributed by atoms with Crippen molar-refractivity contribution in [3.05, 3.63) is 43.8 Å². The molecule has 0 aliphatic rings. The summed E-state index contributed by atoms with van der Waals surface area (Å²) in [5.41, 5.74) is 9.39. The van der Waals surface area contributed by atoms with Gasteiger partial charge in [0.15, 0.2) is 0 Å². The molecule has 5 heteroatoms. The van der Waals surface area contributed by atoms with Crippen molar-refractivity contribution in [1.29, 1.82) is 0 Å². The Morgan fingerprint density at radius 1 is 1.47 bits per heavy atom. The highest BCUT2D eigenvalue weighted by molar-refractivity contribution is 9.10. The number of aromatic nitrogens is 1. The predicted molar refractivity (Wildman–Crippen MR) is 82.9 cm³/mol. The van der Waals surface area contributed by atoms with Crippen LogP contribution in [0.3, 0.4) is 0 Å². The van der Waals surface area contributed by atoms with Crippen LogP contribution in [0.2, 0.25) is 0 Å². The van der Waals surface area contributed by atoms with Gasteiger partial charge in [0, 0.05) is 44.8 Å². The first-order valence-electron chi connectivity index (χ1n) is 6.02. The number of thiophene rings is 1. The predicted octanol–water partition coefficient (Wildman–Crippen LogP) is 3.77. The number of hydrogen-bond donors (Lipinski definition) is 1. The summed E-state index contributed by atoms with van der Waals surface area (Å²) in [4.78, 5) is 5.65. The van der Waals surface area contributed by atoms with Crippen molar-refractivity contribution >= 4 is 27.3 Å². The van der Waals surface area contributed by atoms with Crippen LogP contribution in [-0.4, -0.2) is 12.1 Å². The average Bonchev–Trinajstić information content (AvgIpc) is 2.80. The van der Waals surface area contributed by atoms with Crippen LogP contribution in [0, 0.1) is 13.8 Å². The van der Waals surface area contributed by atoms with Gasteiger partial charge in [-0.3, -0.25) is 4.98 Å². The maximum absolute atomic E-state index is 6.27. The molecular weight excluding hydrogens is 324 g/mol. The van der Waals surface area contributed by atoms with E-state index in [1.807, 2.05) is 31.5 Å². The third-order valence-electron chi connectivity index (χ3n) is 3.14. The molecule has 0 bridgehead atoms. The lowest BCUT2D eigenvalue weighted by atomic mass is 10.0. The second kappa shape index (κ2) is 6.03. The van der Waals surface area contributed by atoms with E-state index < -0.39 is 0 Å². The molecule has 1 unspecified atom stereocenters. The Morgan fingerprint density at radius 2 is 2.21 bits per heavy atom. The lowest BCUT2D eigenvalue weighted by Crippen LogP contribution is -2.14. The third-order valence-corrected chi connectivity index (χ3v) is 5.15. The van der Waals surface area contributed by atoms with Crippen molar-refractivity contribution < 1.29 is 4.74 Å². The molecule has 19 heavy (non-hydrogen) atoms. The molecule has 2 rings (SSSR count). The Kier molecular flexibility index (Phi) is 4.60. The maximum atomic E-state index is 6.27. The molecule has 102 valence electrons.